The molecule has 10 atom stereocenters. The van der Waals surface area contributed by atoms with E-state index in [2.05, 4.69) is 84.7 Å². The van der Waals surface area contributed by atoms with Gasteiger partial charge in [-0.3, -0.25) is 0 Å². The van der Waals surface area contributed by atoms with Gasteiger partial charge < -0.3 is 9.05 Å². The summed E-state index contributed by atoms with van der Waals surface area (Å²) in [5.41, 5.74) is 0.514. The summed E-state index contributed by atoms with van der Waals surface area (Å²) < 4.78 is 13.5. The van der Waals surface area contributed by atoms with Crippen molar-refractivity contribution >= 4 is 22.6 Å². The van der Waals surface area contributed by atoms with Crippen molar-refractivity contribution in [1.29, 1.82) is 0 Å². The molecule has 0 bridgehead atoms. The lowest BCUT2D eigenvalue weighted by Gasteiger charge is -2.56. The highest BCUT2D eigenvalue weighted by Gasteiger charge is 2.58. The van der Waals surface area contributed by atoms with Crippen LogP contribution < -0.4 is 0 Å². The van der Waals surface area contributed by atoms with Crippen LogP contribution in [0.5, 0.6) is 0 Å². The highest BCUT2D eigenvalue weighted by atomic mass is 79.9. The summed E-state index contributed by atoms with van der Waals surface area (Å²) in [6.07, 6.45) is 3.15. The molecule has 0 amide bonds. The van der Waals surface area contributed by atoms with Crippen molar-refractivity contribution in [3.05, 3.63) is 0 Å². The van der Waals surface area contributed by atoms with Crippen LogP contribution in [-0.4, -0.2) is 12.2 Å². The Morgan fingerprint density at radius 2 is 1.00 bits per heavy atom. The Hall–Kier alpha value is 0.830. The first-order valence-electron chi connectivity index (χ1n) is 11.5. The molecule has 2 nitrogen and oxygen atoms in total. The molecule has 3 fully saturated rings. The summed E-state index contributed by atoms with van der Waals surface area (Å²) in [5, 5.41) is 0. The fourth-order valence-electron chi connectivity index (χ4n) is 6.73. The van der Waals surface area contributed by atoms with Gasteiger partial charge in [0.2, 0.25) is 7.08 Å². The van der Waals surface area contributed by atoms with Crippen LogP contribution in [0.2, 0.25) is 0 Å². The van der Waals surface area contributed by atoms with Crippen LogP contribution in [0, 0.1) is 58.2 Å². The molecule has 1 saturated heterocycles. The van der Waals surface area contributed by atoms with E-state index in [9.17, 15) is 0 Å². The molecule has 0 aromatic rings. The molecule has 1 heterocycles. The average molecular weight is 475 g/mol. The third-order valence-electron chi connectivity index (χ3n) is 8.89. The van der Waals surface area contributed by atoms with E-state index in [-0.39, 0.29) is 10.8 Å². The van der Waals surface area contributed by atoms with E-state index < -0.39 is 7.08 Å². The molecule has 0 radical (unpaired) electrons. The lowest BCUT2D eigenvalue weighted by Crippen LogP contribution is -2.56. The van der Waals surface area contributed by atoms with E-state index in [4.69, 9.17) is 9.05 Å². The topological polar surface area (TPSA) is 18.5 Å². The highest BCUT2D eigenvalue weighted by Crippen LogP contribution is 2.65. The minimum Gasteiger partial charge on any atom is -0.322 e. The molecule has 2 saturated carbocycles. The Labute approximate surface area is 183 Å². The van der Waals surface area contributed by atoms with Gasteiger partial charge in [0.05, 0.1) is 12.2 Å². The first-order chi connectivity index (χ1) is 12.7. The second kappa shape index (κ2) is 8.07. The van der Waals surface area contributed by atoms with Gasteiger partial charge in [-0.2, -0.15) is 0 Å². The molecular formula is C24H44BrO2P. The van der Waals surface area contributed by atoms with Crippen molar-refractivity contribution < 1.29 is 9.05 Å². The Morgan fingerprint density at radius 3 is 1.29 bits per heavy atom. The summed E-state index contributed by atoms with van der Waals surface area (Å²) in [4.78, 5) is 0. The Balaban J connectivity index is 2.09. The van der Waals surface area contributed by atoms with Crippen LogP contribution in [0.15, 0.2) is 0 Å². The average Bonchev–Trinajstić information content (AvgIpc) is 2.68. The van der Waals surface area contributed by atoms with Crippen molar-refractivity contribution in [3.63, 3.8) is 0 Å². The summed E-state index contributed by atoms with van der Waals surface area (Å²) in [5.74, 6) is 5.21. The number of fused-ring (bicyclic) bond motifs is 3. The third-order valence-corrected chi connectivity index (χ3v) is 10.7. The van der Waals surface area contributed by atoms with Gasteiger partial charge in [-0.1, -0.05) is 69.2 Å². The van der Waals surface area contributed by atoms with Crippen LogP contribution in [0.25, 0.3) is 0 Å². The minimum atomic E-state index is -1.01. The van der Waals surface area contributed by atoms with Gasteiger partial charge in [-0.25, -0.2) is 0 Å². The first-order valence-corrected chi connectivity index (χ1v) is 14.7. The molecule has 1 aliphatic heterocycles. The maximum Gasteiger partial charge on any atom is 0.247 e. The SMILES string of the molecule is CC1CC(C(C)(C)C)C2OP(Br)OC3C(C(C)C(C)CC3C(C)(C)C)C2C1C. The van der Waals surface area contributed by atoms with E-state index in [0.29, 0.717) is 47.7 Å². The molecule has 28 heavy (non-hydrogen) atoms. The Morgan fingerprint density at radius 1 is 0.679 bits per heavy atom. The Bertz CT molecular complexity index is 506. The van der Waals surface area contributed by atoms with Gasteiger partial charge in [0.25, 0.3) is 0 Å². The molecule has 0 aromatic carbocycles. The monoisotopic (exact) mass is 474 g/mol. The van der Waals surface area contributed by atoms with Gasteiger partial charge in [-0.15, -0.1) is 0 Å². The smallest absolute Gasteiger partial charge is 0.247 e. The quantitative estimate of drug-likeness (QED) is 0.328. The maximum atomic E-state index is 6.77. The summed E-state index contributed by atoms with van der Waals surface area (Å²) in [6, 6.07) is 0. The minimum absolute atomic E-state index is 0.257. The fourth-order valence-corrected chi connectivity index (χ4v) is 8.89. The molecular weight excluding hydrogens is 431 g/mol. The lowest BCUT2D eigenvalue weighted by atomic mass is 9.51. The molecule has 0 spiro atoms. The Kier molecular flexibility index (Phi) is 6.77. The normalized spacial score (nSPS) is 50.5. The first kappa shape index (κ1) is 23.5. The number of halogens is 1. The van der Waals surface area contributed by atoms with Crippen LogP contribution in [0.3, 0.4) is 0 Å². The zero-order valence-electron chi connectivity index (χ0n) is 19.8. The molecule has 3 rings (SSSR count). The second-order valence-corrected chi connectivity index (χ2v) is 15.2. The number of hydrogen-bond donors (Lipinski definition) is 0. The molecule has 10 unspecified atom stereocenters. The van der Waals surface area contributed by atoms with E-state index in [1.54, 1.807) is 0 Å². The number of rotatable bonds is 0. The molecule has 164 valence electrons. The predicted molar refractivity (Wildman–Crippen MR) is 124 cm³/mol. The zero-order chi connectivity index (χ0) is 21.2. The van der Waals surface area contributed by atoms with Gasteiger partial charge in [0.1, 0.15) is 0 Å². The van der Waals surface area contributed by atoms with Gasteiger partial charge >= 0.3 is 0 Å². The van der Waals surface area contributed by atoms with Crippen molar-refractivity contribution in [2.75, 3.05) is 0 Å². The van der Waals surface area contributed by atoms with E-state index >= 15 is 0 Å². The predicted octanol–water partition coefficient (Wildman–Crippen LogP) is 8.30. The van der Waals surface area contributed by atoms with Crippen LogP contribution >= 0.6 is 22.6 Å². The van der Waals surface area contributed by atoms with Gasteiger partial charge in [0, 0.05) is 15.5 Å². The van der Waals surface area contributed by atoms with Crippen LogP contribution in [0.4, 0.5) is 0 Å². The lowest BCUT2D eigenvalue weighted by molar-refractivity contribution is -0.123. The largest absolute Gasteiger partial charge is 0.322 e. The zero-order valence-corrected chi connectivity index (χ0v) is 22.3. The molecule has 0 N–H and O–H groups in total. The van der Waals surface area contributed by atoms with Crippen LogP contribution in [-0.2, 0) is 9.05 Å². The van der Waals surface area contributed by atoms with Crippen molar-refractivity contribution in [2.24, 2.45) is 58.2 Å². The van der Waals surface area contributed by atoms with Gasteiger partial charge in [-0.05, 0) is 71.0 Å². The summed E-state index contributed by atoms with van der Waals surface area (Å²) in [7, 11) is -1.01. The fraction of sp³-hybridized carbons (Fsp3) is 1.00. The van der Waals surface area contributed by atoms with Crippen LogP contribution in [0.1, 0.15) is 82.1 Å². The third kappa shape index (κ3) is 4.26. The molecule has 4 heteroatoms. The van der Waals surface area contributed by atoms with Crippen molar-refractivity contribution in [1.82, 2.24) is 0 Å². The van der Waals surface area contributed by atoms with E-state index in [1.807, 2.05) is 0 Å². The van der Waals surface area contributed by atoms with Crippen molar-refractivity contribution in [3.8, 4) is 0 Å². The standard InChI is InChI=1S/C24H44BrO2P/c1-13-11-17(23(5,6)7)21-19(15(13)3)20-16(4)14(2)12-18(24(8,9)10)22(20)27-28(25)26-21/h13-22H,11-12H2,1-10H3. The molecule has 0 aromatic heterocycles. The van der Waals surface area contributed by atoms with E-state index in [1.165, 1.54) is 12.8 Å². The summed E-state index contributed by atoms with van der Waals surface area (Å²) >= 11 is 3.84. The van der Waals surface area contributed by atoms with Gasteiger partial charge in [0.15, 0.2) is 0 Å². The highest BCUT2D eigenvalue weighted by molar-refractivity contribution is 9.38. The molecule has 2 aliphatic carbocycles. The maximum absolute atomic E-state index is 6.77. The molecule has 3 aliphatic rings. The number of hydrogen-bond acceptors (Lipinski definition) is 2. The van der Waals surface area contributed by atoms with Crippen molar-refractivity contribution in [2.45, 2.75) is 94.3 Å². The second-order valence-electron chi connectivity index (χ2n) is 12.6. The van der Waals surface area contributed by atoms with E-state index in [0.717, 1.165) is 11.8 Å². The summed E-state index contributed by atoms with van der Waals surface area (Å²) in [6.45, 7) is 24.4.